The highest BCUT2D eigenvalue weighted by molar-refractivity contribution is 5.88. The van der Waals surface area contributed by atoms with Crippen molar-refractivity contribution in [2.45, 2.75) is 38.3 Å². The third-order valence-electron chi connectivity index (χ3n) is 6.29. The zero-order chi connectivity index (χ0) is 24.6. The van der Waals surface area contributed by atoms with Gasteiger partial charge in [-0.25, -0.2) is 4.79 Å². The maximum Gasteiger partial charge on any atom is 0.315 e. The Hall–Kier alpha value is -3.84. The van der Waals surface area contributed by atoms with Crippen molar-refractivity contribution >= 4 is 33.6 Å². The van der Waals surface area contributed by atoms with Crippen molar-refractivity contribution in [1.29, 1.82) is 0 Å². The highest BCUT2D eigenvalue weighted by Gasteiger charge is 2.24. The van der Waals surface area contributed by atoms with Crippen LogP contribution in [0.2, 0.25) is 0 Å². The lowest BCUT2D eigenvalue weighted by Gasteiger charge is -2.23. The largest absolute Gasteiger partial charge is 0.361 e. The number of benzene rings is 3. The minimum absolute atomic E-state index is 0.0605. The molecule has 0 radical (unpaired) electrons. The van der Waals surface area contributed by atoms with Crippen molar-refractivity contribution in [3.8, 4) is 0 Å². The van der Waals surface area contributed by atoms with Crippen molar-refractivity contribution in [1.82, 2.24) is 20.9 Å². The monoisotopic (exact) mass is 471 g/mol. The van der Waals surface area contributed by atoms with Gasteiger partial charge in [-0.2, -0.15) is 0 Å². The summed E-state index contributed by atoms with van der Waals surface area (Å²) in [4.78, 5) is 29.1. The number of nitrogens with one attached hydrogen (secondary N) is 4. The zero-order valence-electron chi connectivity index (χ0n) is 20.0. The number of fused-ring (bicyclic) bond motifs is 2. The Morgan fingerprint density at radius 1 is 0.943 bits per heavy atom. The molecule has 4 aromatic rings. The third-order valence-corrected chi connectivity index (χ3v) is 6.29. The second kappa shape index (κ2) is 11.5. The van der Waals surface area contributed by atoms with Crippen molar-refractivity contribution in [3.63, 3.8) is 0 Å². The van der Waals surface area contributed by atoms with Crippen molar-refractivity contribution < 1.29 is 9.59 Å². The number of aromatic amines is 1. The highest BCUT2D eigenvalue weighted by atomic mass is 16.2. The fraction of sp³-hybridized carbons (Fsp3) is 0.286. The summed E-state index contributed by atoms with van der Waals surface area (Å²) in [6.45, 7) is 2.73. The van der Waals surface area contributed by atoms with E-state index < -0.39 is 12.1 Å². The Balaban J connectivity index is 1.50. The molecule has 4 rings (SSSR count). The lowest BCUT2D eigenvalue weighted by molar-refractivity contribution is -0.123. The molecule has 182 valence electrons. The molecule has 2 atom stereocenters. The summed E-state index contributed by atoms with van der Waals surface area (Å²) >= 11 is 0. The van der Waals surface area contributed by atoms with E-state index in [1.807, 2.05) is 54.7 Å². The minimum Gasteiger partial charge on any atom is -0.361 e. The standard InChI is InChI=1S/C28H33N5O2/c1-2-23(17-22-18-31-25-10-6-5-9-24(22)25)32-27(34)26(33-28(35)30-14-13-29)16-19-11-12-20-7-3-4-8-21(20)15-19/h3-12,15,18,23,26,31H,2,13-14,16-17,29H2,1H3,(H,32,34)(H2,30,33,35). The predicted molar refractivity (Wildman–Crippen MR) is 141 cm³/mol. The second-order valence-corrected chi connectivity index (χ2v) is 8.80. The van der Waals surface area contributed by atoms with Gasteiger partial charge in [-0.15, -0.1) is 0 Å². The summed E-state index contributed by atoms with van der Waals surface area (Å²) < 4.78 is 0. The zero-order valence-corrected chi connectivity index (χ0v) is 20.0. The molecule has 3 amide bonds. The number of nitrogens with two attached hydrogens (primary N) is 1. The van der Waals surface area contributed by atoms with Crippen LogP contribution in [0.4, 0.5) is 4.79 Å². The molecule has 0 aliphatic rings. The van der Waals surface area contributed by atoms with Crippen LogP contribution in [-0.4, -0.2) is 42.1 Å². The summed E-state index contributed by atoms with van der Waals surface area (Å²) in [7, 11) is 0. The number of amides is 3. The fourth-order valence-corrected chi connectivity index (χ4v) is 4.37. The number of carbonyl (C=O) groups is 2. The smallest absolute Gasteiger partial charge is 0.315 e. The van der Waals surface area contributed by atoms with E-state index in [0.29, 0.717) is 25.9 Å². The third kappa shape index (κ3) is 6.19. The molecule has 7 nitrogen and oxygen atoms in total. The molecule has 35 heavy (non-hydrogen) atoms. The molecular weight excluding hydrogens is 438 g/mol. The molecule has 7 heteroatoms. The Kier molecular flexibility index (Phi) is 8.00. The molecule has 0 aliphatic heterocycles. The van der Waals surface area contributed by atoms with E-state index in [9.17, 15) is 9.59 Å². The van der Waals surface area contributed by atoms with Crippen LogP contribution in [0.3, 0.4) is 0 Å². The lowest BCUT2D eigenvalue weighted by Crippen LogP contribution is -2.53. The van der Waals surface area contributed by atoms with Crippen molar-refractivity contribution in [2.24, 2.45) is 5.73 Å². The van der Waals surface area contributed by atoms with Crippen LogP contribution < -0.4 is 21.7 Å². The van der Waals surface area contributed by atoms with Gasteiger partial charge in [0, 0.05) is 42.7 Å². The maximum absolute atomic E-state index is 13.4. The van der Waals surface area contributed by atoms with Crippen LogP contribution in [0.25, 0.3) is 21.7 Å². The van der Waals surface area contributed by atoms with Crippen LogP contribution in [0, 0.1) is 0 Å². The first-order valence-corrected chi connectivity index (χ1v) is 12.1. The molecule has 0 spiro atoms. The average Bonchev–Trinajstić information content (AvgIpc) is 3.29. The van der Waals surface area contributed by atoms with Gasteiger partial charge in [-0.05, 0) is 40.8 Å². The van der Waals surface area contributed by atoms with Gasteiger partial charge in [0.2, 0.25) is 5.91 Å². The number of rotatable bonds is 10. The van der Waals surface area contributed by atoms with Crippen molar-refractivity contribution in [2.75, 3.05) is 13.1 Å². The van der Waals surface area contributed by atoms with Gasteiger partial charge >= 0.3 is 6.03 Å². The molecule has 0 saturated carbocycles. The van der Waals surface area contributed by atoms with Gasteiger partial charge in [-0.1, -0.05) is 67.6 Å². The summed E-state index contributed by atoms with van der Waals surface area (Å²) in [5, 5.41) is 12.1. The molecule has 1 heterocycles. The first-order valence-electron chi connectivity index (χ1n) is 12.1. The number of aromatic nitrogens is 1. The van der Waals surface area contributed by atoms with Gasteiger partial charge in [0.25, 0.3) is 0 Å². The molecular formula is C28H33N5O2. The molecule has 2 unspecified atom stereocenters. The summed E-state index contributed by atoms with van der Waals surface area (Å²) in [5.74, 6) is -0.201. The van der Waals surface area contributed by atoms with E-state index in [-0.39, 0.29) is 11.9 Å². The topological polar surface area (TPSA) is 112 Å². The van der Waals surface area contributed by atoms with Gasteiger partial charge in [0.05, 0.1) is 0 Å². The van der Waals surface area contributed by atoms with Gasteiger partial charge < -0.3 is 26.7 Å². The molecule has 0 saturated heterocycles. The lowest BCUT2D eigenvalue weighted by atomic mass is 9.99. The Morgan fingerprint density at radius 2 is 1.71 bits per heavy atom. The number of carbonyl (C=O) groups excluding carboxylic acids is 2. The Labute approximate surface area is 205 Å². The van der Waals surface area contributed by atoms with E-state index in [2.05, 4.69) is 46.1 Å². The first-order chi connectivity index (χ1) is 17.1. The molecule has 1 aromatic heterocycles. The van der Waals surface area contributed by atoms with E-state index in [0.717, 1.165) is 39.2 Å². The normalized spacial score (nSPS) is 12.9. The van der Waals surface area contributed by atoms with E-state index in [1.54, 1.807) is 0 Å². The Morgan fingerprint density at radius 3 is 2.51 bits per heavy atom. The average molecular weight is 472 g/mol. The predicted octanol–water partition coefficient (Wildman–Crippen LogP) is 3.63. The number of H-pyrrole nitrogens is 1. The van der Waals surface area contributed by atoms with Gasteiger partial charge in [0.15, 0.2) is 0 Å². The van der Waals surface area contributed by atoms with Crippen LogP contribution in [-0.2, 0) is 17.6 Å². The molecule has 0 bridgehead atoms. The summed E-state index contributed by atoms with van der Waals surface area (Å²) in [5.41, 5.74) is 8.73. The van der Waals surface area contributed by atoms with E-state index >= 15 is 0 Å². The molecule has 3 aromatic carbocycles. The highest BCUT2D eigenvalue weighted by Crippen LogP contribution is 2.20. The number of para-hydroxylation sites is 1. The van der Waals surface area contributed by atoms with Crippen LogP contribution in [0.1, 0.15) is 24.5 Å². The van der Waals surface area contributed by atoms with Crippen LogP contribution in [0.5, 0.6) is 0 Å². The van der Waals surface area contributed by atoms with Crippen LogP contribution in [0.15, 0.2) is 72.9 Å². The fourth-order valence-electron chi connectivity index (χ4n) is 4.37. The Bertz CT molecular complexity index is 1300. The molecule has 0 aliphatic carbocycles. The van der Waals surface area contributed by atoms with E-state index in [4.69, 9.17) is 5.73 Å². The maximum atomic E-state index is 13.4. The van der Waals surface area contributed by atoms with Crippen LogP contribution >= 0.6 is 0 Å². The molecule has 6 N–H and O–H groups in total. The summed E-state index contributed by atoms with van der Waals surface area (Å²) in [6.07, 6.45) is 3.86. The van der Waals surface area contributed by atoms with Gasteiger partial charge in [-0.3, -0.25) is 4.79 Å². The second-order valence-electron chi connectivity index (χ2n) is 8.80. The quantitative estimate of drug-likeness (QED) is 0.243. The van der Waals surface area contributed by atoms with Gasteiger partial charge in [0.1, 0.15) is 6.04 Å². The van der Waals surface area contributed by atoms with Crippen molar-refractivity contribution in [3.05, 3.63) is 84.1 Å². The number of hydrogen-bond acceptors (Lipinski definition) is 3. The first kappa shape index (κ1) is 24.3. The summed E-state index contributed by atoms with van der Waals surface area (Å²) in [6, 6.07) is 21.2. The molecule has 0 fully saturated rings. The number of urea groups is 1. The number of hydrogen-bond donors (Lipinski definition) is 5. The SMILES string of the molecule is CCC(Cc1c[nH]c2ccccc12)NC(=O)C(Cc1ccc2ccccc2c1)NC(=O)NCCN. The van der Waals surface area contributed by atoms with E-state index in [1.165, 1.54) is 0 Å². The minimum atomic E-state index is -0.717.